The van der Waals surface area contributed by atoms with Crippen molar-refractivity contribution >= 4 is 22.6 Å². The van der Waals surface area contributed by atoms with E-state index in [2.05, 4.69) is 10.6 Å². The molecular weight excluding hydrogens is 414 g/mol. The van der Waals surface area contributed by atoms with Crippen LogP contribution in [0.3, 0.4) is 0 Å². The fraction of sp³-hybridized carbons (Fsp3) is 0.259. The van der Waals surface area contributed by atoms with Crippen LogP contribution in [0.2, 0.25) is 0 Å². The van der Waals surface area contributed by atoms with Crippen LogP contribution in [-0.4, -0.2) is 35.7 Å². The fourth-order valence-corrected chi connectivity index (χ4v) is 4.54. The predicted molar refractivity (Wildman–Crippen MR) is 129 cm³/mol. The van der Waals surface area contributed by atoms with Crippen molar-refractivity contribution in [3.05, 3.63) is 84.7 Å². The highest BCUT2D eigenvalue weighted by atomic mass is 16.5. The van der Waals surface area contributed by atoms with Gasteiger partial charge in [0.2, 0.25) is 5.91 Å². The number of aryl methyl sites for hydroxylation is 1. The number of rotatable bonds is 8. The van der Waals surface area contributed by atoms with Crippen molar-refractivity contribution in [1.82, 2.24) is 9.55 Å². The number of carbonyl (C=O) groups is 1. The number of para-hydroxylation sites is 5. The first kappa shape index (κ1) is 21.1. The number of hydrogen-bond donors (Lipinski definition) is 0. The quantitative estimate of drug-likeness (QED) is 0.360. The van der Waals surface area contributed by atoms with Gasteiger partial charge in [-0.3, -0.25) is 4.79 Å². The summed E-state index contributed by atoms with van der Waals surface area (Å²) in [7, 11) is 1.63. The number of anilines is 1. The lowest BCUT2D eigenvalue weighted by Crippen LogP contribution is -2.25. The number of imidazole rings is 1. The summed E-state index contributed by atoms with van der Waals surface area (Å²) < 4.78 is 13.6. The van der Waals surface area contributed by atoms with Crippen LogP contribution in [0.1, 0.15) is 24.6 Å². The third kappa shape index (κ3) is 4.29. The van der Waals surface area contributed by atoms with Crippen molar-refractivity contribution in [2.24, 2.45) is 0 Å². The third-order valence-electron chi connectivity index (χ3n) is 6.09. The zero-order valence-electron chi connectivity index (χ0n) is 18.7. The molecule has 2 heterocycles. The topological polar surface area (TPSA) is 56.6 Å². The van der Waals surface area contributed by atoms with Gasteiger partial charge >= 0.3 is 0 Å². The molecule has 0 saturated carbocycles. The van der Waals surface area contributed by atoms with Crippen molar-refractivity contribution < 1.29 is 14.3 Å². The second-order valence-electron chi connectivity index (χ2n) is 8.20. The van der Waals surface area contributed by atoms with Crippen LogP contribution in [0, 0.1) is 0 Å². The van der Waals surface area contributed by atoms with Gasteiger partial charge in [0.1, 0.15) is 17.3 Å². The minimum atomic E-state index is 0.0184. The van der Waals surface area contributed by atoms with E-state index in [1.807, 2.05) is 77.7 Å². The Morgan fingerprint density at radius 2 is 1.73 bits per heavy atom. The van der Waals surface area contributed by atoms with E-state index in [4.69, 9.17) is 14.5 Å². The molecule has 1 fully saturated rings. The van der Waals surface area contributed by atoms with E-state index in [-0.39, 0.29) is 11.8 Å². The summed E-state index contributed by atoms with van der Waals surface area (Å²) in [5, 5.41) is 0. The number of carbonyl (C=O) groups excluding carboxylic acids is 1. The van der Waals surface area contributed by atoms with Gasteiger partial charge in [-0.1, -0.05) is 42.5 Å². The lowest BCUT2D eigenvalue weighted by molar-refractivity contribution is -0.117. The van der Waals surface area contributed by atoms with Crippen LogP contribution >= 0.6 is 0 Å². The number of nitrogens with zero attached hydrogens (tertiary/aromatic N) is 3. The second-order valence-corrected chi connectivity index (χ2v) is 8.20. The lowest BCUT2D eigenvalue weighted by atomic mass is 10.1. The molecule has 0 aliphatic carbocycles. The second kappa shape index (κ2) is 9.36. The van der Waals surface area contributed by atoms with E-state index in [1.165, 1.54) is 0 Å². The highest BCUT2D eigenvalue weighted by Gasteiger charge is 2.35. The largest absolute Gasteiger partial charge is 0.495 e. The summed E-state index contributed by atoms with van der Waals surface area (Å²) in [5.41, 5.74) is 2.86. The Hall–Kier alpha value is -3.80. The maximum atomic E-state index is 13.0. The van der Waals surface area contributed by atoms with Gasteiger partial charge in [0, 0.05) is 25.4 Å². The summed E-state index contributed by atoms with van der Waals surface area (Å²) in [5.74, 6) is 2.65. The molecular formula is C27H27N3O3. The minimum absolute atomic E-state index is 0.0184. The first-order chi connectivity index (χ1) is 16.2. The minimum Gasteiger partial charge on any atom is -0.495 e. The number of aromatic nitrogens is 2. The molecule has 6 nitrogen and oxygen atoms in total. The van der Waals surface area contributed by atoms with Gasteiger partial charge in [0.15, 0.2) is 0 Å². The Morgan fingerprint density at radius 1 is 0.970 bits per heavy atom. The molecule has 0 unspecified atom stereocenters. The summed E-state index contributed by atoms with van der Waals surface area (Å²) in [6.07, 6.45) is 1.28. The van der Waals surface area contributed by atoms with E-state index >= 15 is 0 Å². The number of hydrogen-bond acceptors (Lipinski definition) is 4. The van der Waals surface area contributed by atoms with Crippen molar-refractivity contribution in [3.8, 4) is 11.5 Å². The Balaban J connectivity index is 1.37. The standard InChI is InChI=1S/C27H27N3O3/c1-32-25-15-8-7-14-24(25)30-19-20(18-26(30)31)27-28-22-12-5-6-13-23(22)29(27)16-9-17-33-21-10-3-2-4-11-21/h2-8,10-15,20H,9,16-19H2,1H3/t20-/m0/s1. The maximum Gasteiger partial charge on any atom is 0.227 e. The zero-order valence-corrected chi connectivity index (χ0v) is 18.7. The van der Waals surface area contributed by atoms with Crippen molar-refractivity contribution in [2.45, 2.75) is 25.3 Å². The van der Waals surface area contributed by atoms with Gasteiger partial charge in [-0.05, 0) is 42.8 Å². The van der Waals surface area contributed by atoms with E-state index in [9.17, 15) is 4.79 Å². The Morgan fingerprint density at radius 3 is 2.58 bits per heavy atom. The molecule has 0 radical (unpaired) electrons. The summed E-state index contributed by atoms with van der Waals surface area (Å²) in [6, 6.07) is 25.7. The number of benzene rings is 3. The molecule has 0 N–H and O–H groups in total. The normalized spacial score (nSPS) is 15.8. The van der Waals surface area contributed by atoms with Gasteiger partial charge in [0.05, 0.1) is 30.4 Å². The highest BCUT2D eigenvalue weighted by molar-refractivity contribution is 5.97. The number of amides is 1. The molecule has 1 aliphatic rings. The van der Waals surface area contributed by atoms with Crippen molar-refractivity contribution in [2.75, 3.05) is 25.2 Å². The summed E-state index contributed by atoms with van der Waals surface area (Å²) in [4.78, 5) is 19.8. The van der Waals surface area contributed by atoms with Crippen molar-refractivity contribution in [3.63, 3.8) is 0 Å². The molecule has 168 valence electrons. The molecule has 4 aromatic rings. The van der Waals surface area contributed by atoms with E-state index in [0.29, 0.717) is 25.3 Å². The molecule has 0 spiro atoms. The number of ether oxygens (including phenoxy) is 2. The molecule has 6 heteroatoms. The fourth-order valence-electron chi connectivity index (χ4n) is 4.54. The molecule has 0 bridgehead atoms. The first-order valence-electron chi connectivity index (χ1n) is 11.3. The van der Waals surface area contributed by atoms with Crippen LogP contribution < -0.4 is 14.4 Å². The van der Waals surface area contributed by atoms with Crippen LogP contribution in [0.15, 0.2) is 78.9 Å². The van der Waals surface area contributed by atoms with Gasteiger partial charge in [-0.15, -0.1) is 0 Å². The van der Waals surface area contributed by atoms with E-state index < -0.39 is 0 Å². The predicted octanol–water partition coefficient (Wildman–Crippen LogP) is 5.03. The van der Waals surface area contributed by atoms with E-state index in [1.54, 1.807) is 7.11 Å². The summed E-state index contributed by atoms with van der Waals surface area (Å²) >= 11 is 0. The molecule has 1 aliphatic heterocycles. The lowest BCUT2D eigenvalue weighted by Gasteiger charge is -2.19. The zero-order chi connectivity index (χ0) is 22.6. The molecule has 33 heavy (non-hydrogen) atoms. The number of fused-ring (bicyclic) bond motifs is 1. The molecule has 1 amide bonds. The average Bonchev–Trinajstić information content (AvgIpc) is 3.43. The molecule has 5 rings (SSSR count). The van der Waals surface area contributed by atoms with Crippen molar-refractivity contribution in [1.29, 1.82) is 0 Å². The van der Waals surface area contributed by atoms with Crippen LogP contribution in [0.25, 0.3) is 11.0 Å². The van der Waals surface area contributed by atoms with Gasteiger partial charge in [-0.2, -0.15) is 0 Å². The van der Waals surface area contributed by atoms with Gasteiger partial charge in [-0.25, -0.2) is 4.98 Å². The monoisotopic (exact) mass is 441 g/mol. The SMILES string of the molecule is COc1ccccc1N1C[C@@H](c2nc3ccccc3n2CCCOc2ccccc2)CC1=O. The first-order valence-corrected chi connectivity index (χ1v) is 11.3. The van der Waals surface area contributed by atoms with Crippen LogP contribution in [0.4, 0.5) is 5.69 Å². The highest BCUT2D eigenvalue weighted by Crippen LogP contribution is 2.37. The molecule has 1 saturated heterocycles. The number of methoxy groups -OCH3 is 1. The van der Waals surface area contributed by atoms with E-state index in [0.717, 1.165) is 41.3 Å². The molecule has 1 atom stereocenters. The molecule has 3 aromatic carbocycles. The Kier molecular flexibility index (Phi) is 5.98. The van der Waals surface area contributed by atoms with Gasteiger partial charge < -0.3 is 18.9 Å². The van der Waals surface area contributed by atoms with Gasteiger partial charge in [0.25, 0.3) is 0 Å². The average molecular weight is 442 g/mol. The Labute approximate surface area is 193 Å². The molecule has 1 aromatic heterocycles. The maximum absolute atomic E-state index is 13.0. The Bertz CT molecular complexity index is 1250. The smallest absolute Gasteiger partial charge is 0.227 e. The van der Waals surface area contributed by atoms with Crippen LogP contribution in [0.5, 0.6) is 11.5 Å². The summed E-state index contributed by atoms with van der Waals surface area (Å²) in [6.45, 7) is 1.98. The van der Waals surface area contributed by atoms with Crippen LogP contribution in [-0.2, 0) is 11.3 Å². The third-order valence-corrected chi connectivity index (χ3v) is 6.09.